The normalized spacial score (nSPS) is 14.9. The summed E-state index contributed by atoms with van der Waals surface area (Å²) in [5.74, 6) is 0.436. The Balaban J connectivity index is 1.74. The zero-order chi connectivity index (χ0) is 20.8. The molecular formula is C24H30N2O3. The molecule has 0 bridgehead atoms. The van der Waals surface area contributed by atoms with Gasteiger partial charge in [-0.2, -0.15) is 0 Å². The van der Waals surface area contributed by atoms with Crippen LogP contribution in [0.1, 0.15) is 54.1 Å². The molecule has 5 nitrogen and oxygen atoms in total. The van der Waals surface area contributed by atoms with E-state index in [-0.39, 0.29) is 11.8 Å². The molecule has 1 aliphatic heterocycles. The van der Waals surface area contributed by atoms with Gasteiger partial charge in [0, 0.05) is 13.1 Å². The summed E-state index contributed by atoms with van der Waals surface area (Å²) in [5.41, 5.74) is 3.22. The number of ether oxygens (including phenoxy) is 1. The van der Waals surface area contributed by atoms with Gasteiger partial charge in [0.25, 0.3) is 11.8 Å². The van der Waals surface area contributed by atoms with Crippen LogP contribution in [-0.4, -0.2) is 35.9 Å². The number of anilines is 1. The Hall–Kier alpha value is -2.82. The number of nitrogens with one attached hydrogen (secondary N) is 1. The minimum atomic E-state index is -0.630. The molecule has 0 radical (unpaired) electrons. The number of carbonyl (C=O) groups is 2. The topological polar surface area (TPSA) is 58.6 Å². The molecule has 154 valence electrons. The second-order valence-corrected chi connectivity index (χ2v) is 7.67. The van der Waals surface area contributed by atoms with Crippen molar-refractivity contribution in [2.24, 2.45) is 0 Å². The maximum atomic E-state index is 13.0. The third-order valence-electron chi connectivity index (χ3n) is 5.32. The lowest BCUT2D eigenvalue weighted by atomic mass is 10.1. The first kappa shape index (κ1) is 20.9. The number of piperidine rings is 1. The molecule has 1 heterocycles. The van der Waals surface area contributed by atoms with Gasteiger partial charge in [0.15, 0.2) is 6.10 Å². The molecule has 1 atom stereocenters. The lowest BCUT2D eigenvalue weighted by Crippen LogP contribution is -2.37. The first-order chi connectivity index (χ1) is 14.0. The maximum absolute atomic E-state index is 13.0. The van der Waals surface area contributed by atoms with Crippen LogP contribution in [0.2, 0.25) is 0 Å². The average Bonchev–Trinajstić information content (AvgIpc) is 2.73. The highest BCUT2D eigenvalue weighted by atomic mass is 16.5. The number of aryl methyl sites for hydroxylation is 2. The van der Waals surface area contributed by atoms with Gasteiger partial charge in [0.05, 0.1) is 11.3 Å². The van der Waals surface area contributed by atoms with Crippen LogP contribution in [0.4, 0.5) is 5.69 Å². The van der Waals surface area contributed by atoms with E-state index in [9.17, 15) is 9.59 Å². The van der Waals surface area contributed by atoms with E-state index in [1.165, 1.54) is 0 Å². The number of likely N-dealkylation sites (tertiary alicyclic amines) is 1. The molecule has 1 aliphatic rings. The predicted molar refractivity (Wildman–Crippen MR) is 115 cm³/mol. The van der Waals surface area contributed by atoms with Crippen LogP contribution in [0.5, 0.6) is 5.75 Å². The van der Waals surface area contributed by atoms with E-state index in [4.69, 9.17) is 4.74 Å². The smallest absolute Gasteiger partial charge is 0.265 e. The molecule has 1 saturated heterocycles. The van der Waals surface area contributed by atoms with E-state index in [0.717, 1.165) is 43.5 Å². The van der Waals surface area contributed by atoms with Crippen LogP contribution in [0.25, 0.3) is 0 Å². The summed E-state index contributed by atoms with van der Waals surface area (Å²) in [6, 6.07) is 13.1. The molecule has 2 amide bonds. The van der Waals surface area contributed by atoms with Gasteiger partial charge in [0.1, 0.15) is 5.75 Å². The molecule has 3 rings (SSSR count). The van der Waals surface area contributed by atoms with Gasteiger partial charge in [-0.1, -0.05) is 36.8 Å². The van der Waals surface area contributed by atoms with E-state index in [2.05, 4.69) is 5.32 Å². The monoisotopic (exact) mass is 394 g/mol. The Bertz CT molecular complexity index is 872. The molecule has 0 aromatic heterocycles. The zero-order valence-corrected chi connectivity index (χ0v) is 17.5. The van der Waals surface area contributed by atoms with Gasteiger partial charge < -0.3 is 15.0 Å². The molecule has 0 unspecified atom stereocenters. The molecular weight excluding hydrogens is 364 g/mol. The fourth-order valence-corrected chi connectivity index (χ4v) is 3.67. The molecule has 29 heavy (non-hydrogen) atoms. The molecule has 1 N–H and O–H groups in total. The Morgan fingerprint density at radius 2 is 1.79 bits per heavy atom. The third-order valence-corrected chi connectivity index (χ3v) is 5.32. The lowest BCUT2D eigenvalue weighted by molar-refractivity contribution is -0.122. The van der Waals surface area contributed by atoms with Gasteiger partial charge in [-0.3, -0.25) is 9.59 Å². The summed E-state index contributed by atoms with van der Waals surface area (Å²) in [6.07, 6.45) is 3.12. The first-order valence-electron chi connectivity index (χ1n) is 10.4. The summed E-state index contributed by atoms with van der Waals surface area (Å²) in [6.45, 7) is 7.46. The van der Waals surface area contributed by atoms with Crippen molar-refractivity contribution in [2.45, 2.75) is 52.6 Å². The minimum Gasteiger partial charge on any atom is -0.480 e. The molecule has 5 heteroatoms. The van der Waals surface area contributed by atoms with E-state index < -0.39 is 6.10 Å². The van der Waals surface area contributed by atoms with E-state index in [1.54, 1.807) is 12.1 Å². The molecule has 2 aromatic carbocycles. The SMILES string of the molecule is CC[C@@H](Oc1ccc(C)cc1C)C(=O)Nc1ccccc1C(=O)N1CCCCC1. The van der Waals surface area contributed by atoms with Gasteiger partial charge in [-0.15, -0.1) is 0 Å². The standard InChI is InChI=1S/C24H30N2O3/c1-4-21(29-22-13-12-17(2)16-18(22)3)23(27)25-20-11-7-6-10-19(20)24(28)26-14-8-5-9-15-26/h6-7,10-13,16,21H,4-5,8-9,14-15H2,1-3H3,(H,25,27)/t21-/m1/s1. The zero-order valence-electron chi connectivity index (χ0n) is 17.5. The second-order valence-electron chi connectivity index (χ2n) is 7.67. The Labute approximate surface area is 173 Å². The van der Waals surface area contributed by atoms with Crippen LogP contribution < -0.4 is 10.1 Å². The summed E-state index contributed by atoms with van der Waals surface area (Å²) >= 11 is 0. The van der Waals surface area contributed by atoms with Crippen molar-refractivity contribution < 1.29 is 14.3 Å². The van der Waals surface area contributed by atoms with E-state index >= 15 is 0 Å². The highest BCUT2D eigenvalue weighted by Gasteiger charge is 2.24. The number of rotatable bonds is 6. The average molecular weight is 395 g/mol. The van der Waals surface area contributed by atoms with Crippen LogP contribution in [-0.2, 0) is 4.79 Å². The Morgan fingerprint density at radius 1 is 1.07 bits per heavy atom. The van der Waals surface area contributed by atoms with E-state index in [1.807, 2.05) is 56.0 Å². The van der Waals surface area contributed by atoms with Gasteiger partial charge >= 0.3 is 0 Å². The second kappa shape index (κ2) is 9.59. The molecule has 2 aromatic rings. The summed E-state index contributed by atoms with van der Waals surface area (Å²) < 4.78 is 5.99. The number of amides is 2. The van der Waals surface area contributed by atoms with Crippen molar-refractivity contribution in [2.75, 3.05) is 18.4 Å². The summed E-state index contributed by atoms with van der Waals surface area (Å²) in [7, 11) is 0. The number of para-hydroxylation sites is 1. The molecule has 1 fully saturated rings. The first-order valence-corrected chi connectivity index (χ1v) is 10.4. The highest BCUT2D eigenvalue weighted by Crippen LogP contribution is 2.23. The number of nitrogens with zero attached hydrogens (tertiary/aromatic N) is 1. The van der Waals surface area contributed by atoms with Crippen molar-refractivity contribution in [1.29, 1.82) is 0 Å². The Kier molecular flexibility index (Phi) is 6.91. The molecule has 0 saturated carbocycles. The van der Waals surface area contributed by atoms with Crippen molar-refractivity contribution in [3.05, 3.63) is 59.2 Å². The fraction of sp³-hybridized carbons (Fsp3) is 0.417. The predicted octanol–water partition coefficient (Wildman–Crippen LogP) is 4.73. The van der Waals surface area contributed by atoms with Crippen LogP contribution in [0.15, 0.2) is 42.5 Å². The van der Waals surface area contributed by atoms with Crippen molar-refractivity contribution in [3.8, 4) is 5.75 Å². The van der Waals surface area contributed by atoms with Crippen LogP contribution >= 0.6 is 0 Å². The number of benzene rings is 2. The van der Waals surface area contributed by atoms with Crippen molar-refractivity contribution in [1.82, 2.24) is 4.90 Å². The minimum absolute atomic E-state index is 0.0241. The van der Waals surface area contributed by atoms with Crippen molar-refractivity contribution >= 4 is 17.5 Å². The maximum Gasteiger partial charge on any atom is 0.265 e. The molecule has 0 spiro atoms. The lowest BCUT2D eigenvalue weighted by Gasteiger charge is -2.27. The van der Waals surface area contributed by atoms with Crippen molar-refractivity contribution in [3.63, 3.8) is 0 Å². The largest absolute Gasteiger partial charge is 0.480 e. The van der Waals surface area contributed by atoms with Gasteiger partial charge in [-0.25, -0.2) is 0 Å². The van der Waals surface area contributed by atoms with Crippen LogP contribution in [0.3, 0.4) is 0 Å². The fourth-order valence-electron chi connectivity index (χ4n) is 3.67. The molecule has 0 aliphatic carbocycles. The number of hydrogen-bond donors (Lipinski definition) is 1. The van der Waals surface area contributed by atoms with Crippen LogP contribution in [0, 0.1) is 13.8 Å². The quantitative estimate of drug-likeness (QED) is 0.771. The van der Waals surface area contributed by atoms with E-state index in [0.29, 0.717) is 23.4 Å². The summed E-state index contributed by atoms with van der Waals surface area (Å²) in [5, 5.41) is 2.92. The highest BCUT2D eigenvalue weighted by molar-refractivity contribution is 6.04. The Morgan fingerprint density at radius 3 is 2.48 bits per heavy atom. The number of carbonyl (C=O) groups excluding carboxylic acids is 2. The number of hydrogen-bond acceptors (Lipinski definition) is 3. The third kappa shape index (κ3) is 5.17. The van der Waals surface area contributed by atoms with Gasteiger partial charge in [0.2, 0.25) is 0 Å². The van der Waals surface area contributed by atoms with Gasteiger partial charge in [-0.05, 0) is 63.3 Å². The summed E-state index contributed by atoms with van der Waals surface area (Å²) in [4.78, 5) is 27.7.